The molecule has 0 radical (unpaired) electrons. The van der Waals surface area contributed by atoms with Gasteiger partial charge in [0, 0.05) is 37.8 Å². The third kappa shape index (κ3) is 3.17. The molecule has 0 spiro atoms. The molecular formula is C14H22N4O3. The number of urea groups is 1. The summed E-state index contributed by atoms with van der Waals surface area (Å²) >= 11 is 0. The number of carbonyl (C=O) groups is 2. The molecule has 21 heavy (non-hydrogen) atoms. The van der Waals surface area contributed by atoms with Crippen molar-refractivity contribution in [1.29, 1.82) is 0 Å². The zero-order valence-electron chi connectivity index (χ0n) is 12.8. The molecule has 0 aromatic carbocycles. The Morgan fingerprint density at radius 1 is 1.38 bits per heavy atom. The second-order valence-corrected chi connectivity index (χ2v) is 5.02. The zero-order valence-corrected chi connectivity index (χ0v) is 12.8. The average molecular weight is 294 g/mol. The van der Waals surface area contributed by atoms with E-state index in [1.165, 1.54) is 0 Å². The average Bonchev–Trinajstić information content (AvgIpc) is 2.82. The fourth-order valence-corrected chi connectivity index (χ4v) is 2.47. The maximum atomic E-state index is 12.1. The van der Waals surface area contributed by atoms with Crippen molar-refractivity contribution >= 4 is 12.0 Å². The van der Waals surface area contributed by atoms with Crippen molar-refractivity contribution in [3.8, 4) is 0 Å². The number of esters is 1. The number of ether oxygens (including phenoxy) is 1. The Bertz CT molecular complexity index is 539. The molecule has 0 atom stereocenters. The number of amides is 2. The van der Waals surface area contributed by atoms with Crippen molar-refractivity contribution in [1.82, 2.24) is 20.0 Å². The van der Waals surface area contributed by atoms with E-state index in [4.69, 9.17) is 4.74 Å². The van der Waals surface area contributed by atoms with Gasteiger partial charge in [-0.25, -0.2) is 9.59 Å². The summed E-state index contributed by atoms with van der Waals surface area (Å²) in [5.74, 6) is -0.426. The van der Waals surface area contributed by atoms with Gasteiger partial charge in [-0.15, -0.1) is 0 Å². The highest BCUT2D eigenvalue weighted by atomic mass is 16.5. The molecule has 7 nitrogen and oxygen atoms in total. The van der Waals surface area contributed by atoms with E-state index < -0.39 is 5.97 Å². The number of nitrogens with zero attached hydrogens (tertiary/aromatic N) is 3. The second-order valence-electron chi connectivity index (χ2n) is 5.02. The van der Waals surface area contributed by atoms with Gasteiger partial charge in [-0.1, -0.05) is 6.92 Å². The number of carbonyl (C=O) groups excluding carboxylic acids is 2. The highest BCUT2D eigenvalue weighted by molar-refractivity contribution is 5.89. The third-order valence-corrected chi connectivity index (χ3v) is 3.52. The van der Waals surface area contributed by atoms with Crippen LogP contribution in [0.25, 0.3) is 0 Å². The summed E-state index contributed by atoms with van der Waals surface area (Å²) in [7, 11) is 1.81. The molecule has 2 amide bonds. The van der Waals surface area contributed by atoms with Crippen LogP contribution in [0.5, 0.6) is 0 Å². The van der Waals surface area contributed by atoms with E-state index in [9.17, 15) is 9.59 Å². The number of aromatic nitrogens is 2. The van der Waals surface area contributed by atoms with Gasteiger partial charge in [-0.05, 0) is 13.3 Å². The van der Waals surface area contributed by atoms with Crippen LogP contribution in [-0.4, -0.2) is 46.4 Å². The minimum atomic E-state index is -0.426. The van der Waals surface area contributed by atoms with Crippen LogP contribution in [0.2, 0.25) is 0 Å². The van der Waals surface area contributed by atoms with Crippen molar-refractivity contribution in [2.24, 2.45) is 7.05 Å². The Kier molecular flexibility index (Phi) is 4.82. The van der Waals surface area contributed by atoms with Crippen LogP contribution in [0, 0.1) is 0 Å². The van der Waals surface area contributed by atoms with Gasteiger partial charge in [0.15, 0.2) is 5.69 Å². The van der Waals surface area contributed by atoms with Crippen molar-refractivity contribution in [2.45, 2.75) is 33.2 Å². The monoisotopic (exact) mass is 294 g/mol. The predicted molar refractivity (Wildman–Crippen MR) is 77.0 cm³/mol. The molecule has 116 valence electrons. The third-order valence-electron chi connectivity index (χ3n) is 3.52. The van der Waals surface area contributed by atoms with Crippen LogP contribution in [0.15, 0.2) is 0 Å². The van der Waals surface area contributed by atoms with Gasteiger partial charge in [-0.2, -0.15) is 5.10 Å². The number of nitrogens with one attached hydrogen (secondary N) is 1. The molecule has 1 N–H and O–H groups in total. The van der Waals surface area contributed by atoms with E-state index in [0.29, 0.717) is 38.4 Å². The number of rotatable bonds is 4. The summed E-state index contributed by atoms with van der Waals surface area (Å²) in [5, 5.41) is 7.11. The second kappa shape index (κ2) is 6.60. The van der Waals surface area contributed by atoms with E-state index >= 15 is 0 Å². The first-order chi connectivity index (χ1) is 10.1. The molecule has 2 heterocycles. The molecule has 0 unspecified atom stereocenters. The SMILES string of the molecule is CCCNC(=O)N1CCc2c(c(C(=O)OCC)nn2C)C1. The van der Waals surface area contributed by atoms with Crippen LogP contribution >= 0.6 is 0 Å². The number of aryl methyl sites for hydroxylation is 1. The van der Waals surface area contributed by atoms with Crippen molar-refractivity contribution in [2.75, 3.05) is 19.7 Å². The minimum Gasteiger partial charge on any atom is -0.461 e. The van der Waals surface area contributed by atoms with Gasteiger partial charge in [0.25, 0.3) is 0 Å². The largest absolute Gasteiger partial charge is 0.461 e. The van der Waals surface area contributed by atoms with Gasteiger partial charge in [0.2, 0.25) is 0 Å². The number of hydrogen-bond donors (Lipinski definition) is 1. The van der Waals surface area contributed by atoms with Crippen LogP contribution < -0.4 is 5.32 Å². The summed E-state index contributed by atoms with van der Waals surface area (Å²) in [6, 6.07) is -0.0961. The predicted octanol–water partition coefficient (Wildman–Crippen LogP) is 1.07. The molecule has 1 aromatic heterocycles. The van der Waals surface area contributed by atoms with Gasteiger partial charge >= 0.3 is 12.0 Å². The van der Waals surface area contributed by atoms with Gasteiger partial charge in [0.05, 0.1) is 13.2 Å². The summed E-state index contributed by atoms with van der Waals surface area (Å²) in [5.41, 5.74) is 2.12. The lowest BCUT2D eigenvalue weighted by molar-refractivity contribution is 0.0516. The molecular weight excluding hydrogens is 272 g/mol. The molecule has 2 rings (SSSR count). The van der Waals surface area contributed by atoms with Gasteiger partial charge in [0.1, 0.15) is 0 Å². The summed E-state index contributed by atoms with van der Waals surface area (Å²) < 4.78 is 6.75. The maximum absolute atomic E-state index is 12.1. The van der Waals surface area contributed by atoms with Crippen LogP contribution in [0.1, 0.15) is 42.0 Å². The fourth-order valence-electron chi connectivity index (χ4n) is 2.47. The molecule has 1 aliphatic rings. The first-order valence-electron chi connectivity index (χ1n) is 7.33. The van der Waals surface area contributed by atoms with E-state index in [1.54, 1.807) is 16.5 Å². The number of hydrogen-bond acceptors (Lipinski definition) is 4. The standard InChI is InChI=1S/C14H22N4O3/c1-4-7-15-14(20)18-8-6-11-10(9-18)12(16-17(11)3)13(19)21-5-2/h4-9H2,1-3H3,(H,15,20). The van der Waals surface area contributed by atoms with E-state index in [2.05, 4.69) is 10.4 Å². The van der Waals surface area contributed by atoms with E-state index in [-0.39, 0.29) is 6.03 Å². The highest BCUT2D eigenvalue weighted by Crippen LogP contribution is 2.22. The molecule has 1 aliphatic heterocycles. The first-order valence-corrected chi connectivity index (χ1v) is 7.33. The summed E-state index contributed by atoms with van der Waals surface area (Å²) in [6.07, 6.45) is 1.59. The molecule has 0 bridgehead atoms. The van der Waals surface area contributed by atoms with Crippen LogP contribution in [0.3, 0.4) is 0 Å². The Labute approximate surface area is 124 Å². The molecule has 0 saturated carbocycles. The molecule has 7 heteroatoms. The Balaban J connectivity index is 2.18. The van der Waals surface area contributed by atoms with Crippen molar-refractivity contribution in [3.63, 3.8) is 0 Å². The van der Waals surface area contributed by atoms with Crippen molar-refractivity contribution in [3.05, 3.63) is 17.0 Å². The molecule has 0 aliphatic carbocycles. The fraction of sp³-hybridized carbons (Fsp3) is 0.643. The van der Waals surface area contributed by atoms with Crippen molar-refractivity contribution < 1.29 is 14.3 Å². The quantitative estimate of drug-likeness (QED) is 0.843. The first kappa shape index (κ1) is 15.3. The zero-order chi connectivity index (χ0) is 15.4. The summed E-state index contributed by atoms with van der Waals surface area (Å²) in [6.45, 7) is 5.76. The Morgan fingerprint density at radius 3 is 2.81 bits per heavy atom. The van der Waals surface area contributed by atoms with Gasteiger partial charge < -0.3 is 15.0 Å². The molecule has 0 fully saturated rings. The smallest absolute Gasteiger partial charge is 0.359 e. The Morgan fingerprint density at radius 2 is 2.14 bits per heavy atom. The van der Waals surface area contributed by atoms with Gasteiger partial charge in [-0.3, -0.25) is 4.68 Å². The normalized spacial score (nSPS) is 13.8. The van der Waals surface area contributed by atoms with E-state index in [0.717, 1.165) is 17.7 Å². The lowest BCUT2D eigenvalue weighted by atomic mass is 10.1. The number of fused-ring (bicyclic) bond motifs is 1. The van der Waals surface area contributed by atoms with Crippen LogP contribution in [0.4, 0.5) is 4.79 Å². The molecule has 1 aromatic rings. The lowest BCUT2D eigenvalue weighted by Gasteiger charge is -2.27. The van der Waals surface area contributed by atoms with E-state index in [1.807, 2.05) is 14.0 Å². The minimum absolute atomic E-state index is 0.0961. The lowest BCUT2D eigenvalue weighted by Crippen LogP contribution is -2.43. The summed E-state index contributed by atoms with van der Waals surface area (Å²) in [4.78, 5) is 25.7. The highest BCUT2D eigenvalue weighted by Gasteiger charge is 2.29. The maximum Gasteiger partial charge on any atom is 0.359 e. The Hall–Kier alpha value is -2.05. The topological polar surface area (TPSA) is 76.5 Å². The van der Waals surface area contributed by atoms with Crippen LogP contribution in [-0.2, 0) is 24.8 Å². The molecule has 0 saturated heterocycles.